The number of fused-ring (bicyclic) bond motifs is 4. The number of aromatic amines is 4. The summed E-state index contributed by atoms with van der Waals surface area (Å²) in [6, 6.07) is 27.7. The number of rotatable bonds is 7. The van der Waals surface area contributed by atoms with Crippen LogP contribution in [0.3, 0.4) is 0 Å². The van der Waals surface area contributed by atoms with Crippen LogP contribution in [-0.4, -0.2) is 149 Å². The molecule has 14 rings (SSSR count). The van der Waals surface area contributed by atoms with Crippen molar-refractivity contribution in [1.82, 2.24) is 70.3 Å². The fourth-order valence-electron chi connectivity index (χ4n) is 11.0. The summed E-state index contributed by atoms with van der Waals surface area (Å²) in [5.74, 6) is 6.05. The Kier molecular flexibility index (Phi) is 16.9. The number of nitrogens with one attached hydrogen (secondary N) is 5. The highest BCUT2D eigenvalue weighted by atomic mass is 19.1. The van der Waals surface area contributed by atoms with E-state index in [0.717, 1.165) is 132 Å². The quantitative estimate of drug-likeness (QED) is 0.0820. The Morgan fingerprint density at radius 2 is 1.00 bits per heavy atom. The van der Waals surface area contributed by atoms with Crippen LogP contribution in [0.5, 0.6) is 0 Å². The molecule has 0 aliphatic carbocycles. The van der Waals surface area contributed by atoms with E-state index in [1.807, 2.05) is 57.2 Å². The molecular formula is C60H71FN20O2. The van der Waals surface area contributed by atoms with Gasteiger partial charge in [-0.1, -0.05) is 24.3 Å². The molecule has 23 heteroatoms. The normalized spacial score (nSPS) is 15.6. The van der Waals surface area contributed by atoms with Gasteiger partial charge in [0.25, 0.3) is 11.5 Å². The van der Waals surface area contributed by atoms with Gasteiger partial charge >= 0.3 is 0 Å². The van der Waals surface area contributed by atoms with Crippen LogP contribution in [0.4, 0.5) is 39.2 Å². The summed E-state index contributed by atoms with van der Waals surface area (Å²) < 4.78 is 14.8. The van der Waals surface area contributed by atoms with Crippen LogP contribution in [-0.2, 0) is 6.42 Å². The lowest BCUT2D eigenvalue weighted by Crippen LogP contribution is -2.49. The topological polar surface area (TPSA) is 281 Å². The number of benzene rings is 2. The Balaban J connectivity index is 0.000000129. The molecule has 8 aromatic heterocycles. The molecule has 4 aliphatic rings. The maximum Gasteiger partial charge on any atom is 0.272 e. The van der Waals surface area contributed by atoms with Crippen LogP contribution in [0.15, 0.2) is 95.8 Å². The highest BCUT2D eigenvalue weighted by molar-refractivity contribution is 5.95. The van der Waals surface area contributed by atoms with Gasteiger partial charge in [-0.05, 0) is 132 Å². The lowest BCUT2D eigenvalue weighted by Gasteiger charge is -2.35. The van der Waals surface area contributed by atoms with E-state index in [-0.39, 0.29) is 17.0 Å². The number of pyridine rings is 4. The van der Waals surface area contributed by atoms with Crippen molar-refractivity contribution in [2.75, 3.05) is 110 Å². The summed E-state index contributed by atoms with van der Waals surface area (Å²) in [4.78, 5) is 76.8. The number of piperidine rings is 2. The zero-order valence-corrected chi connectivity index (χ0v) is 47.3. The molecule has 4 fully saturated rings. The van der Waals surface area contributed by atoms with Gasteiger partial charge in [0.2, 0.25) is 0 Å². The minimum Gasteiger partial charge on any atom is -0.396 e. The lowest BCUT2D eigenvalue weighted by molar-refractivity contribution is 0.0741. The average molecular weight is 1120 g/mol. The molecule has 0 bridgehead atoms. The van der Waals surface area contributed by atoms with Crippen molar-refractivity contribution >= 4 is 84.9 Å². The van der Waals surface area contributed by atoms with Gasteiger partial charge in [0.05, 0.1) is 38.9 Å². The van der Waals surface area contributed by atoms with Crippen LogP contribution in [0.2, 0.25) is 0 Å². The van der Waals surface area contributed by atoms with Crippen LogP contribution in [0, 0.1) is 26.6 Å². The molecule has 10 aromatic rings. The molecule has 12 heterocycles. The molecule has 0 unspecified atom stereocenters. The van der Waals surface area contributed by atoms with E-state index in [1.54, 1.807) is 29.2 Å². The van der Waals surface area contributed by atoms with E-state index in [1.165, 1.54) is 44.6 Å². The fraction of sp³-hybridized carbons (Fsp3) is 0.367. The molecule has 4 saturated heterocycles. The molecule has 83 heavy (non-hydrogen) atoms. The molecule has 430 valence electrons. The van der Waals surface area contributed by atoms with E-state index in [0.29, 0.717) is 60.8 Å². The molecular weight excluding hydrogens is 1050 g/mol. The molecule has 4 aliphatic heterocycles. The molecule has 0 atom stereocenters. The van der Waals surface area contributed by atoms with E-state index in [9.17, 15) is 14.0 Å². The number of aromatic nitrogens is 12. The van der Waals surface area contributed by atoms with Crippen LogP contribution >= 0.6 is 0 Å². The first-order chi connectivity index (χ1) is 40.4. The van der Waals surface area contributed by atoms with E-state index < -0.39 is 5.82 Å². The second-order valence-electron chi connectivity index (χ2n) is 21.4. The second-order valence-corrected chi connectivity index (χ2v) is 21.4. The Morgan fingerprint density at radius 1 is 0.530 bits per heavy atom. The van der Waals surface area contributed by atoms with Gasteiger partial charge < -0.3 is 56.2 Å². The predicted molar refractivity (Wildman–Crippen MR) is 326 cm³/mol. The summed E-state index contributed by atoms with van der Waals surface area (Å²) in [6.07, 6.45) is 8.06. The summed E-state index contributed by atoms with van der Waals surface area (Å²) >= 11 is 0. The fourth-order valence-corrected chi connectivity index (χ4v) is 11.0. The molecule has 2 aromatic carbocycles. The third kappa shape index (κ3) is 13.3. The third-order valence-corrected chi connectivity index (χ3v) is 15.4. The van der Waals surface area contributed by atoms with Crippen LogP contribution in [0.1, 0.15) is 77.6 Å². The molecule has 9 N–H and O–H groups in total. The number of H-pyrrole nitrogens is 4. The summed E-state index contributed by atoms with van der Waals surface area (Å²) in [5.41, 5.74) is 18.2. The van der Waals surface area contributed by atoms with Crippen molar-refractivity contribution in [2.45, 2.75) is 65.7 Å². The van der Waals surface area contributed by atoms with Crippen molar-refractivity contribution in [3.05, 3.63) is 141 Å². The van der Waals surface area contributed by atoms with Crippen LogP contribution in [0.25, 0.3) is 44.3 Å². The van der Waals surface area contributed by atoms with Gasteiger partial charge in [0.1, 0.15) is 52.4 Å². The number of nitrogens with zero attached hydrogens (tertiary/aromatic N) is 13. The van der Waals surface area contributed by atoms with Gasteiger partial charge in [-0.15, -0.1) is 0 Å². The van der Waals surface area contributed by atoms with Crippen LogP contribution < -0.4 is 41.9 Å². The Labute approximate surface area is 479 Å². The Hall–Kier alpha value is -9.25. The molecule has 22 nitrogen and oxygen atoms in total. The van der Waals surface area contributed by atoms with Gasteiger partial charge in [-0.25, -0.2) is 44.4 Å². The number of anilines is 6. The van der Waals surface area contributed by atoms with E-state index in [2.05, 4.69) is 109 Å². The minimum absolute atomic E-state index is 0.0335. The third-order valence-electron chi connectivity index (χ3n) is 15.4. The summed E-state index contributed by atoms with van der Waals surface area (Å²) in [6.45, 7) is 16.4. The smallest absolute Gasteiger partial charge is 0.272 e. The first kappa shape index (κ1) is 55.6. The molecule has 0 radical (unpaired) electrons. The average Bonchev–Trinajstić information content (AvgIpc) is 4.26. The lowest BCUT2D eigenvalue weighted by atomic mass is 10.0. The largest absolute Gasteiger partial charge is 0.396 e. The Bertz CT molecular complexity index is 3830. The number of amides is 1. The molecule has 1 amide bonds. The van der Waals surface area contributed by atoms with Gasteiger partial charge in [0.15, 0.2) is 16.9 Å². The number of hydrogen-bond donors (Lipinski definition) is 7. The number of carbonyl (C=O) groups is 1. The number of nitrogens with two attached hydrogens (primary N) is 2. The maximum absolute atomic E-state index is 14.8. The summed E-state index contributed by atoms with van der Waals surface area (Å²) in [5, 5.41) is 11.3. The standard InChI is InChI=1S/C27H24FN7O2.C12H16N4.C11H15N5.C10H16N4/c1-16-29-22-8-9-24(31-25(22)30-16)34-10-12-35(13-11-34)27(37)20-14-17(6-7-21(20)28)15-23-18-4-2-3-5-19(18)26(36)33-32-23;1-9-13-10-5-6-11(15-12(10)14-9)16-7-3-2-4-8-16;1-8-13-9-2-3-10(15-11(9)14-8)16-6-4-12-5-7-16;11-8-4-5-9(13-10(8)12)14-6-2-1-3-7-14/h2-9,14H,10-13,15H2,1H3,(H,33,36)(H,29,30,31);5-6H,2-4,7-8H2,1H3,(H,13,14,15);2-3,12H,4-7H2,1H3,(H,13,14,15);4-5H,1-3,6-7,11H2,(H2,12,13). The van der Waals surface area contributed by atoms with E-state index >= 15 is 0 Å². The van der Waals surface area contributed by atoms with Crippen molar-refractivity contribution < 1.29 is 9.18 Å². The first-order valence-corrected chi connectivity index (χ1v) is 28.7. The monoisotopic (exact) mass is 1120 g/mol. The zero-order valence-electron chi connectivity index (χ0n) is 47.3. The van der Waals surface area contributed by atoms with Crippen molar-refractivity contribution in [3.8, 4) is 0 Å². The van der Waals surface area contributed by atoms with Gasteiger partial charge in [-0.3, -0.25) is 9.59 Å². The predicted octanol–water partition coefficient (Wildman–Crippen LogP) is 7.36. The zero-order chi connectivity index (χ0) is 57.4. The number of carbonyl (C=O) groups excluding carboxylic acids is 1. The number of hydrogen-bond acceptors (Lipinski definition) is 17. The van der Waals surface area contributed by atoms with Gasteiger partial charge in [-0.2, -0.15) is 5.10 Å². The SMILES string of the molecule is Cc1nc2nc(N3CCCCC3)ccc2[nH]1.Cc1nc2nc(N3CCN(C(=O)c4cc(Cc5n[nH]c(=O)c6ccccc56)ccc4F)CC3)ccc2[nH]1.Cc1nc2nc(N3CCNCC3)ccc2[nH]1.Nc1ccc(N2CCCCC2)nc1N. The second kappa shape index (κ2) is 25.3. The highest BCUT2D eigenvalue weighted by Gasteiger charge is 2.26. The minimum atomic E-state index is -0.559. The number of nitrogen functional groups attached to an aromatic ring is 2. The van der Waals surface area contributed by atoms with E-state index in [4.69, 9.17) is 11.5 Å². The first-order valence-electron chi connectivity index (χ1n) is 28.7. The summed E-state index contributed by atoms with van der Waals surface area (Å²) in [7, 11) is 0. The number of imidazole rings is 3. The molecule has 0 saturated carbocycles. The Morgan fingerprint density at radius 3 is 1.52 bits per heavy atom. The number of piperazine rings is 2. The van der Waals surface area contributed by atoms with Gasteiger partial charge in [0, 0.05) is 90.3 Å². The number of halogens is 1. The van der Waals surface area contributed by atoms with Crippen molar-refractivity contribution in [1.29, 1.82) is 0 Å². The molecule has 0 spiro atoms. The maximum atomic E-state index is 14.8. The van der Waals surface area contributed by atoms with Crippen molar-refractivity contribution in [2.24, 2.45) is 0 Å². The number of aryl methyl sites for hydroxylation is 3. The van der Waals surface area contributed by atoms with Crippen molar-refractivity contribution in [3.63, 3.8) is 0 Å². The highest BCUT2D eigenvalue weighted by Crippen LogP contribution is 2.25.